The third-order valence-corrected chi connectivity index (χ3v) is 8.61. The highest BCUT2D eigenvalue weighted by Crippen LogP contribution is 2.31. The van der Waals surface area contributed by atoms with Gasteiger partial charge in [0.15, 0.2) is 11.6 Å². The first-order valence-corrected chi connectivity index (χ1v) is 17.4. The third-order valence-electron chi connectivity index (χ3n) is 8.33. The number of carbonyl (C=O) groups excluding carboxylic acids is 2. The summed E-state index contributed by atoms with van der Waals surface area (Å²) >= 11 is 6.38. The van der Waals surface area contributed by atoms with Crippen molar-refractivity contribution in [1.29, 1.82) is 0 Å². The van der Waals surface area contributed by atoms with E-state index in [1.54, 1.807) is 12.4 Å². The number of anilines is 5. The number of likely N-dealkylation sites (tertiary alicyclic amines) is 1. The van der Waals surface area contributed by atoms with Gasteiger partial charge in [-0.2, -0.15) is 31.3 Å². The average molecular weight is 829 g/mol. The number of rotatable bonds is 5. The minimum absolute atomic E-state index is 0.0397. The molecule has 1 fully saturated rings. The number of fused-ring (bicyclic) bond motifs is 6. The van der Waals surface area contributed by atoms with Gasteiger partial charge in [0.1, 0.15) is 10.6 Å². The zero-order valence-electron chi connectivity index (χ0n) is 30.0. The Morgan fingerprint density at radius 2 is 1.58 bits per heavy atom. The summed E-state index contributed by atoms with van der Waals surface area (Å²) in [6, 6.07) is 7.83. The van der Waals surface area contributed by atoms with Gasteiger partial charge >= 0.3 is 24.3 Å². The van der Waals surface area contributed by atoms with E-state index < -0.39 is 24.3 Å². The fourth-order valence-electron chi connectivity index (χ4n) is 5.55. The van der Waals surface area contributed by atoms with Crippen LogP contribution in [-0.2, 0) is 27.2 Å². The van der Waals surface area contributed by atoms with Gasteiger partial charge in [-0.25, -0.2) is 14.6 Å². The third kappa shape index (κ3) is 12.8. The second kappa shape index (κ2) is 18.8. The zero-order chi connectivity index (χ0) is 42.1. The molecule has 0 atom stereocenters. The number of carbonyl (C=O) groups is 4. The smallest absolute Gasteiger partial charge is 0.475 e. The fraction of sp³-hybridized carbons (Fsp3) is 0.371. The molecular formula is C35H35ClF6N8O7. The van der Waals surface area contributed by atoms with Gasteiger partial charge in [-0.3, -0.25) is 14.6 Å². The van der Waals surface area contributed by atoms with Crippen LogP contribution in [0, 0.1) is 5.92 Å². The standard InChI is InChI=1S/C31H33ClN8O3.2C2HF3O2/c1-18(2)28-24(16-35-43-28)30(42)40-9-7-19(8-10-40)12-27(41)38-26-6-5-22-13-21(26)4-3-20-11-23(15-33-14-20)37-31-34-17-25(32)29(36-22)39-31;2*3-2(4,5)1(6)7/h5-6,11,13-19H,3-4,7-10,12H2,1-2H3,(H,38,41)(H2,34,36,37,39);2*(H,6,7). The Morgan fingerprint density at radius 1 is 0.930 bits per heavy atom. The molecule has 2 amide bonds. The highest BCUT2D eigenvalue weighted by Gasteiger charge is 2.39. The van der Waals surface area contributed by atoms with E-state index in [1.165, 1.54) is 6.20 Å². The van der Waals surface area contributed by atoms with Crippen LogP contribution in [0.1, 0.15) is 66.3 Å². The molecule has 306 valence electrons. The lowest BCUT2D eigenvalue weighted by Crippen LogP contribution is -2.39. The van der Waals surface area contributed by atoms with E-state index in [4.69, 9.17) is 35.9 Å². The number of carboxylic acid groups (broad SMARTS) is 2. The lowest BCUT2D eigenvalue weighted by molar-refractivity contribution is -0.193. The quantitative estimate of drug-likeness (QED) is 0.125. The molecule has 2 aliphatic rings. The van der Waals surface area contributed by atoms with Crippen LogP contribution < -0.4 is 16.0 Å². The number of halogens is 7. The molecule has 6 bridgehead atoms. The van der Waals surface area contributed by atoms with Crippen LogP contribution in [0.25, 0.3) is 0 Å². The summed E-state index contributed by atoms with van der Waals surface area (Å²) in [7, 11) is 0. The summed E-state index contributed by atoms with van der Waals surface area (Å²) in [4.78, 5) is 59.1. The molecule has 3 aromatic heterocycles. The minimum Gasteiger partial charge on any atom is -0.475 e. The monoisotopic (exact) mass is 828 g/mol. The number of aliphatic carboxylic acids is 2. The summed E-state index contributed by atoms with van der Waals surface area (Å²) in [6.07, 6.45) is -0.229. The van der Waals surface area contributed by atoms with Gasteiger partial charge in [0.25, 0.3) is 5.91 Å². The van der Waals surface area contributed by atoms with Gasteiger partial charge in [-0.05, 0) is 67.0 Å². The van der Waals surface area contributed by atoms with Crippen molar-refractivity contribution in [2.75, 3.05) is 29.0 Å². The van der Waals surface area contributed by atoms with Crippen LogP contribution in [-0.4, -0.2) is 84.4 Å². The Labute approximate surface area is 324 Å². The van der Waals surface area contributed by atoms with Crippen molar-refractivity contribution in [2.24, 2.45) is 5.92 Å². The summed E-state index contributed by atoms with van der Waals surface area (Å²) in [6.45, 7) is 5.15. The molecular weight excluding hydrogens is 794 g/mol. The normalized spacial score (nSPS) is 14.1. The molecule has 0 radical (unpaired) electrons. The highest BCUT2D eigenvalue weighted by molar-refractivity contribution is 6.32. The maximum Gasteiger partial charge on any atom is 0.490 e. The molecule has 0 aliphatic carbocycles. The van der Waals surface area contributed by atoms with Crippen LogP contribution in [0.2, 0.25) is 5.02 Å². The number of amides is 2. The fourth-order valence-corrected chi connectivity index (χ4v) is 5.69. The van der Waals surface area contributed by atoms with Crippen molar-refractivity contribution in [3.8, 4) is 0 Å². The maximum absolute atomic E-state index is 13.2. The topological polar surface area (TPSA) is 213 Å². The molecule has 0 saturated carbocycles. The number of benzene rings is 1. The molecule has 15 nitrogen and oxygen atoms in total. The molecule has 2 aliphatic heterocycles. The van der Waals surface area contributed by atoms with Gasteiger partial charge < -0.3 is 35.6 Å². The van der Waals surface area contributed by atoms with Crippen molar-refractivity contribution in [1.82, 2.24) is 25.0 Å². The van der Waals surface area contributed by atoms with Crippen molar-refractivity contribution in [3.63, 3.8) is 0 Å². The number of hydrogen-bond acceptors (Lipinski definition) is 11. The molecule has 0 spiro atoms. The molecule has 5 N–H and O–H groups in total. The second-order valence-electron chi connectivity index (χ2n) is 12.9. The number of aryl methyl sites for hydroxylation is 2. The van der Waals surface area contributed by atoms with E-state index in [-0.39, 0.29) is 23.7 Å². The summed E-state index contributed by atoms with van der Waals surface area (Å²) in [5, 5.41) is 28.1. The number of carboxylic acids is 2. The van der Waals surface area contributed by atoms with Gasteiger partial charge in [0.2, 0.25) is 11.9 Å². The van der Waals surface area contributed by atoms with E-state index >= 15 is 0 Å². The van der Waals surface area contributed by atoms with E-state index in [1.807, 2.05) is 49.2 Å². The summed E-state index contributed by atoms with van der Waals surface area (Å²) in [5.74, 6) is -3.85. The molecule has 1 aromatic carbocycles. The van der Waals surface area contributed by atoms with E-state index in [9.17, 15) is 35.9 Å². The Kier molecular flexibility index (Phi) is 14.4. The van der Waals surface area contributed by atoms with Gasteiger partial charge in [0, 0.05) is 43.0 Å². The van der Waals surface area contributed by atoms with Gasteiger partial charge in [0.05, 0.1) is 24.3 Å². The molecule has 57 heavy (non-hydrogen) atoms. The molecule has 4 aromatic rings. The summed E-state index contributed by atoms with van der Waals surface area (Å²) < 4.78 is 68.8. The average Bonchev–Trinajstić information content (AvgIpc) is 3.64. The minimum atomic E-state index is -5.08. The highest BCUT2D eigenvalue weighted by atomic mass is 35.5. The number of hydrogen-bond donors (Lipinski definition) is 5. The first-order chi connectivity index (χ1) is 26.7. The van der Waals surface area contributed by atoms with Crippen molar-refractivity contribution in [2.45, 2.75) is 64.2 Å². The van der Waals surface area contributed by atoms with Gasteiger partial charge in [-0.15, -0.1) is 0 Å². The lowest BCUT2D eigenvalue weighted by Gasteiger charge is -2.31. The Morgan fingerprint density at radius 3 is 2.19 bits per heavy atom. The number of piperidine rings is 1. The Bertz CT molecular complexity index is 2050. The number of nitrogens with zero attached hydrogens (tertiary/aromatic N) is 5. The number of nitrogens with one attached hydrogen (secondary N) is 3. The van der Waals surface area contributed by atoms with Crippen LogP contribution >= 0.6 is 11.6 Å². The molecule has 1 saturated heterocycles. The molecule has 6 rings (SSSR count). The second-order valence-corrected chi connectivity index (χ2v) is 13.4. The SMILES string of the molecule is CC(C)c1oncc1C(=O)N1CCC(CC(=O)Nc2ccc3cc2CCc2cncc(c2)Nc2ncc(Cl)c(n2)N3)CC1.O=C(O)C(F)(F)F.O=C(O)C(F)(F)F. The van der Waals surface area contributed by atoms with E-state index in [0.717, 1.165) is 47.5 Å². The predicted octanol–water partition coefficient (Wildman–Crippen LogP) is 7.37. The Hall–Kier alpha value is -5.99. The van der Waals surface area contributed by atoms with Crippen molar-refractivity contribution < 1.29 is 60.3 Å². The van der Waals surface area contributed by atoms with E-state index in [2.05, 4.69) is 36.1 Å². The number of pyridine rings is 1. The van der Waals surface area contributed by atoms with Crippen LogP contribution in [0.3, 0.4) is 0 Å². The van der Waals surface area contributed by atoms with Crippen molar-refractivity contribution >= 4 is 64.2 Å². The number of aromatic nitrogens is 4. The van der Waals surface area contributed by atoms with Crippen LogP contribution in [0.5, 0.6) is 0 Å². The maximum atomic E-state index is 13.2. The van der Waals surface area contributed by atoms with Crippen LogP contribution in [0.4, 0.5) is 55.2 Å². The largest absolute Gasteiger partial charge is 0.490 e. The molecule has 0 unspecified atom stereocenters. The first-order valence-electron chi connectivity index (χ1n) is 17.0. The molecule has 5 heterocycles. The van der Waals surface area contributed by atoms with Crippen molar-refractivity contribution in [3.05, 3.63) is 76.5 Å². The predicted molar refractivity (Wildman–Crippen MR) is 192 cm³/mol. The first kappa shape index (κ1) is 43.7. The summed E-state index contributed by atoms with van der Waals surface area (Å²) in [5.41, 5.74) is 4.90. The number of alkyl halides is 6. The lowest BCUT2D eigenvalue weighted by atomic mass is 9.92. The molecule has 22 heteroatoms. The van der Waals surface area contributed by atoms with Crippen LogP contribution in [0.15, 0.2) is 53.6 Å². The van der Waals surface area contributed by atoms with E-state index in [0.29, 0.717) is 54.0 Å². The van der Waals surface area contributed by atoms with Gasteiger partial charge in [-0.1, -0.05) is 30.6 Å². The zero-order valence-corrected chi connectivity index (χ0v) is 30.8. The Balaban J connectivity index is 0.000000440.